The van der Waals surface area contributed by atoms with Crippen molar-refractivity contribution in [2.24, 2.45) is 23.7 Å². The largest absolute Gasteiger partial charge is 0.490 e. The van der Waals surface area contributed by atoms with Crippen molar-refractivity contribution in [2.75, 3.05) is 25.0 Å². The molecule has 3 saturated carbocycles. The van der Waals surface area contributed by atoms with Gasteiger partial charge in [-0.2, -0.15) is 13.2 Å². The van der Waals surface area contributed by atoms with E-state index in [0.717, 1.165) is 30.6 Å². The smallest absolute Gasteiger partial charge is 0.407 e. The number of benzene rings is 1. The van der Waals surface area contributed by atoms with Gasteiger partial charge in [-0.3, -0.25) is 9.59 Å². The molecule has 1 saturated heterocycles. The topological polar surface area (TPSA) is 97.0 Å². The van der Waals surface area contributed by atoms with Crippen molar-refractivity contribution in [3.05, 3.63) is 23.8 Å². The van der Waals surface area contributed by atoms with Crippen molar-refractivity contribution >= 4 is 23.6 Å². The first kappa shape index (κ1) is 33.6. The van der Waals surface area contributed by atoms with Crippen LogP contribution in [0, 0.1) is 23.7 Å². The van der Waals surface area contributed by atoms with Crippen molar-refractivity contribution < 1.29 is 54.6 Å². The Morgan fingerprint density at radius 1 is 1.00 bits per heavy atom. The van der Waals surface area contributed by atoms with E-state index in [-0.39, 0.29) is 30.2 Å². The van der Waals surface area contributed by atoms with Gasteiger partial charge >= 0.3 is 12.3 Å². The molecule has 0 spiro atoms. The molecule has 4 atom stereocenters. The van der Waals surface area contributed by atoms with E-state index < -0.39 is 104 Å². The number of nitrogens with zero attached hydrogens (tertiary/aromatic N) is 1. The maximum atomic E-state index is 13.8. The summed E-state index contributed by atoms with van der Waals surface area (Å²) in [4.78, 5) is 40.7. The van der Waals surface area contributed by atoms with E-state index >= 15 is 0 Å². The second-order valence-electron chi connectivity index (χ2n) is 13.8. The number of alkyl carbamates (subject to hydrolysis) is 1. The lowest BCUT2D eigenvalue weighted by Gasteiger charge is -2.46. The molecule has 2 heterocycles. The number of ether oxygens (including phenoxy) is 2. The highest BCUT2D eigenvalue weighted by Gasteiger charge is 2.57. The first-order valence-electron chi connectivity index (χ1n) is 16.3. The van der Waals surface area contributed by atoms with Gasteiger partial charge < -0.3 is 25.0 Å². The van der Waals surface area contributed by atoms with Gasteiger partial charge in [-0.1, -0.05) is 31.7 Å². The Morgan fingerprint density at radius 2 is 1.66 bits per heavy atom. The molecular formula is C32H38F7N3O5. The van der Waals surface area contributed by atoms with Crippen molar-refractivity contribution in [3.8, 4) is 5.75 Å². The number of rotatable bonds is 8. The van der Waals surface area contributed by atoms with Gasteiger partial charge in [-0.05, 0) is 24.8 Å². The van der Waals surface area contributed by atoms with Gasteiger partial charge in [0.25, 0.3) is 5.92 Å². The summed E-state index contributed by atoms with van der Waals surface area (Å²) in [6, 6.07) is 3.44. The average molecular weight is 678 g/mol. The Morgan fingerprint density at radius 3 is 2.26 bits per heavy atom. The maximum absolute atomic E-state index is 13.8. The number of hydrogen-bond donors (Lipinski definition) is 2. The quantitative estimate of drug-likeness (QED) is 0.238. The minimum atomic E-state index is -4.43. The average Bonchev–Trinajstić information content (AvgIpc) is 3.65. The molecule has 2 N–H and O–H groups in total. The molecule has 15 heteroatoms. The van der Waals surface area contributed by atoms with Crippen LogP contribution in [-0.2, 0) is 14.3 Å². The molecule has 8 nitrogen and oxygen atoms in total. The van der Waals surface area contributed by atoms with Crippen LogP contribution in [0.3, 0.4) is 0 Å². The molecule has 1 aromatic rings. The third kappa shape index (κ3) is 7.58. The van der Waals surface area contributed by atoms with Gasteiger partial charge in [-0.25, -0.2) is 22.4 Å². The fourth-order valence-electron chi connectivity index (χ4n) is 7.21. The molecule has 2 unspecified atom stereocenters. The van der Waals surface area contributed by atoms with Crippen molar-refractivity contribution in [2.45, 2.75) is 100 Å². The number of anilines is 1. The van der Waals surface area contributed by atoms with Crippen LogP contribution in [0.25, 0.3) is 0 Å². The van der Waals surface area contributed by atoms with E-state index in [9.17, 15) is 45.1 Å². The third-order valence-corrected chi connectivity index (χ3v) is 10.3. The zero-order valence-electron chi connectivity index (χ0n) is 25.6. The molecular weight excluding hydrogens is 639 g/mol. The van der Waals surface area contributed by atoms with E-state index in [4.69, 9.17) is 9.47 Å². The van der Waals surface area contributed by atoms with Crippen molar-refractivity contribution in [3.63, 3.8) is 0 Å². The number of carbonyl (C=O) groups excluding carboxylic acids is 3. The van der Waals surface area contributed by atoms with Crippen LogP contribution in [0.5, 0.6) is 5.75 Å². The number of halogens is 7. The minimum absolute atomic E-state index is 0.0358. The molecule has 6 rings (SSSR count). The zero-order chi connectivity index (χ0) is 33.7. The number of carbonyl (C=O) groups is 3. The molecule has 47 heavy (non-hydrogen) atoms. The van der Waals surface area contributed by atoms with E-state index in [1.54, 1.807) is 0 Å². The fraction of sp³-hybridized carbons (Fsp3) is 0.719. The summed E-state index contributed by atoms with van der Waals surface area (Å²) in [7, 11) is 0. The molecule has 0 bridgehead atoms. The highest BCUT2D eigenvalue weighted by Crippen LogP contribution is 2.51. The van der Waals surface area contributed by atoms with Gasteiger partial charge in [0.05, 0.1) is 17.8 Å². The molecule has 260 valence electrons. The summed E-state index contributed by atoms with van der Waals surface area (Å²) in [6.45, 7) is -1.42. The first-order valence-corrected chi connectivity index (χ1v) is 16.3. The van der Waals surface area contributed by atoms with Crippen LogP contribution >= 0.6 is 0 Å². The van der Waals surface area contributed by atoms with Crippen LogP contribution in [-0.4, -0.2) is 72.7 Å². The Bertz CT molecular complexity index is 1350. The lowest BCUT2D eigenvalue weighted by Crippen LogP contribution is -2.57. The lowest BCUT2D eigenvalue weighted by molar-refractivity contribution is -0.210. The van der Waals surface area contributed by atoms with Gasteiger partial charge in [0.2, 0.25) is 17.7 Å². The van der Waals surface area contributed by atoms with E-state index in [2.05, 4.69) is 10.6 Å². The molecule has 4 fully saturated rings. The molecule has 1 aromatic carbocycles. The number of likely N-dealkylation sites (tertiary alicyclic amines) is 1. The highest BCUT2D eigenvalue weighted by atomic mass is 19.4. The van der Waals surface area contributed by atoms with Gasteiger partial charge in [-0.15, -0.1) is 0 Å². The summed E-state index contributed by atoms with van der Waals surface area (Å²) >= 11 is 0. The van der Waals surface area contributed by atoms with E-state index in [1.165, 1.54) is 18.2 Å². The summed E-state index contributed by atoms with van der Waals surface area (Å²) < 4.78 is 104. The maximum Gasteiger partial charge on any atom is 0.407 e. The predicted molar refractivity (Wildman–Crippen MR) is 153 cm³/mol. The summed E-state index contributed by atoms with van der Waals surface area (Å²) in [5.74, 6) is -11.1. The number of alkyl halides is 7. The van der Waals surface area contributed by atoms with Gasteiger partial charge in [0.1, 0.15) is 24.5 Å². The van der Waals surface area contributed by atoms with Crippen LogP contribution in [0.4, 0.5) is 41.2 Å². The number of nitrogens with one attached hydrogen (secondary N) is 2. The normalized spacial score (nSPS) is 28.0. The second kappa shape index (κ2) is 12.6. The molecule has 2 aliphatic heterocycles. The van der Waals surface area contributed by atoms with Crippen molar-refractivity contribution in [1.29, 1.82) is 0 Å². The lowest BCUT2D eigenvalue weighted by atomic mass is 9.73. The monoisotopic (exact) mass is 677 g/mol. The molecule has 3 amide bonds. The summed E-state index contributed by atoms with van der Waals surface area (Å²) in [5, 5.41) is 5.32. The first-order chi connectivity index (χ1) is 22.1. The van der Waals surface area contributed by atoms with Crippen LogP contribution in [0.2, 0.25) is 0 Å². The molecule has 3 aliphatic carbocycles. The number of hydrogen-bond acceptors (Lipinski definition) is 5. The zero-order valence-corrected chi connectivity index (χ0v) is 25.6. The van der Waals surface area contributed by atoms with Crippen LogP contribution < -0.4 is 15.4 Å². The number of fused-ring (bicyclic) bond motifs is 1. The predicted octanol–water partition coefficient (Wildman–Crippen LogP) is 6.65. The SMILES string of the molecule is O=C(N[C@H](C(=O)Nc1ccc2c(c1)OC(C1CC(F)(F)C1)CC2C(=O)N1CC(C(F)(F)F)C1)C1CCCCCC1)OC[C@@H]1CC1(F)F. The van der Waals surface area contributed by atoms with Crippen molar-refractivity contribution in [1.82, 2.24) is 10.2 Å². The number of amides is 3. The Balaban J connectivity index is 1.18. The third-order valence-electron chi connectivity index (χ3n) is 10.3. The molecule has 0 radical (unpaired) electrons. The van der Waals surface area contributed by atoms with Crippen LogP contribution in [0.1, 0.15) is 75.7 Å². The molecule has 5 aliphatic rings. The Labute approximate surface area is 267 Å². The van der Waals surface area contributed by atoms with E-state index in [1.807, 2.05) is 0 Å². The fourth-order valence-corrected chi connectivity index (χ4v) is 7.21. The second-order valence-corrected chi connectivity index (χ2v) is 13.8. The Kier molecular flexibility index (Phi) is 9.05. The Hall–Kier alpha value is -3.26. The summed E-state index contributed by atoms with van der Waals surface area (Å²) in [6.07, 6.45) is -2.48. The standard InChI is InChI=1S/C32H38F7N3O5/c33-30(34)11-18(12-30)24-10-23(28(44)42-14-20(15-42)32(37,38)39)22-8-7-21(9-25(22)47-24)40-27(43)26(17-5-3-1-2-4-6-17)41-29(45)46-16-19-13-31(19,35)36/h7-9,17-20,23-24,26H,1-6,10-16H2,(H,40,43)(H,41,45)/t19-,23?,24?,26-/m0/s1. The highest BCUT2D eigenvalue weighted by molar-refractivity contribution is 5.97. The van der Waals surface area contributed by atoms with Gasteiger partial charge in [0, 0.05) is 62.0 Å². The van der Waals surface area contributed by atoms with Gasteiger partial charge in [0.15, 0.2) is 0 Å². The summed E-state index contributed by atoms with van der Waals surface area (Å²) in [5.41, 5.74) is 0.608. The molecule has 0 aromatic heterocycles. The minimum Gasteiger partial charge on any atom is -0.490 e. The van der Waals surface area contributed by atoms with E-state index in [0.29, 0.717) is 18.4 Å². The van der Waals surface area contributed by atoms with Crippen LogP contribution in [0.15, 0.2) is 18.2 Å².